The number of carbonyl (C=O) groups excluding carboxylic acids is 2. The van der Waals surface area contributed by atoms with Gasteiger partial charge in [0.2, 0.25) is 0 Å². The molecule has 1 N–H and O–H groups in total. The van der Waals surface area contributed by atoms with Crippen LogP contribution in [0.15, 0.2) is 22.7 Å². The molecule has 1 aromatic carbocycles. The number of halogens is 2. The third-order valence-corrected chi connectivity index (χ3v) is 3.60. The van der Waals surface area contributed by atoms with Gasteiger partial charge < -0.3 is 14.8 Å². The summed E-state index contributed by atoms with van der Waals surface area (Å²) in [6.45, 7) is 5.33. The third kappa shape index (κ3) is 5.51. The van der Waals surface area contributed by atoms with Gasteiger partial charge >= 0.3 is 6.09 Å². The van der Waals surface area contributed by atoms with E-state index in [0.29, 0.717) is 5.02 Å². The molecule has 4 nitrogen and oxygen atoms in total. The lowest BCUT2D eigenvalue weighted by molar-refractivity contribution is -0.108. The van der Waals surface area contributed by atoms with Crippen molar-refractivity contribution in [2.24, 2.45) is 0 Å². The van der Waals surface area contributed by atoms with Crippen LogP contribution in [0.1, 0.15) is 38.8 Å². The molecule has 0 fully saturated rings. The molecule has 0 radical (unpaired) electrons. The smallest absolute Gasteiger partial charge is 0.408 e. The van der Waals surface area contributed by atoms with Crippen molar-refractivity contribution >= 4 is 39.9 Å². The summed E-state index contributed by atoms with van der Waals surface area (Å²) in [4.78, 5) is 22.6. The maximum absolute atomic E-state index is 11.8. The predicted molar refractivity (Wildman–Crippen MR) is 81.9 cm³/mol. The van der Waals surface area contributed by atoms with Gasteiger partial charge in [0.15, 0.2) is 0 Å². The molecule has 110 valence electrons. The van der Waals surface area contributed by atoms with E-state index in [-0.39, 0.29) is 6.42 Å². The molecule has 0 aliphatic carbocycles. The maximum atomic E-state index is 11.8. The first-order valence-corrected chi connectivity index (χ1v) is 7.28. The summed E-state index contributed by atoms with van der Waals surface area (Å²) >= 11 is 9.32. The minimum absolute atomic E-state index is 0.150. The highest BCUT2D eigenvalue weighted by atomic mass is 79.9. The van der Waals surface area contributed by atoms with Gasteiger partial charge in [0.05, 0.1) is 11.1 Å². The van der Waals surface area contributed by atoms with Crippen molar-refractivity contribution in [1.29, 1.82) is 0 Å². The first-order chi connectivity index (χ1) is 9.23. The van der Waals surface area contributed by atoms with Crippen molar-refractivity contribution < 1.29 is 14.3 Å². The highest BCUT2D eigenvalue weighted by Gasteiger charge is 2.20. The van der Waals surface area contributed by atoms with Crippen molar-refractivity contribution in [3.63, 3.8) is 0 Å². The molecule has 1 aromatic rings. The van der Waals surface area contributed by atoms with E-state index in [2.05, 4.69) is 21.2 Å². The normalized spacial score (nSPS) is 12.7. The van der Waals surface area contributed by atoms with Crippen molar-refractivity contribution in [1.82, 2.24) is 5.32 Å². The lowest BCUT2D eigenvalue weighted by Crippen LogP contribution is -2.35. The van der Waals surface area contributed by atoms with Gasteiger partial charge in [0.1, 0.15) is 11.9 Å². The second-order valence-corrected chi connectivity index (χ2v) is 6.54. The Hall–Kier alpha value is -1.07. The number of hydrogen-bond donors (Lipinski definition) is 1. The number of benzene rings is 1. The van der Waals surface area contributed by atoms with Crippen LogP contribution in [0.2, 0.25) is 5.02 Å². The first-order valence-electron chi connectivity index (χ1n) is 6.11. The average molecular weight is 363 g/mol. The van der Waals surface area contributed by atoms with E-state index in [9.17, 15) is 9.59 Å². The summed E-state index contributed by atoms with van der Waals surface area (Å²) in [6.07, 6.45) is 0.332. The number of hydrogen-bond acceptors (Lipinski definition) is 3. The standard InChI is InChI=1S/C14H17BrClNO3/c1-14(2,3)20-13(19)17-12(6-7-18)9-4-5-10(15)11(16)8-9/h4-5,7-8,12H,6H2,1-3H3,(H,17,19)/t12-/m0/s1. The Morgan fingerprint density at radius 2 is 2.15 bits per heavy atom. The number of amides is 1. The van der Waals surface area contributed by atoms with Crippen LogP contribution in [0.5, 0.6) is 0 Å². The quantitative estimate of drug-likeness (QED) is 0.814. The molecular weight excluding hydrogens is 346 g/mol. The Balaban J connectivity index is 2.85. The van der Waals surface area contributed by atoms with Gasteiger partial charge in [-0.25, -0.2) is 4.79 Å². The SMILES string of the molecule is CC(C)(C)OC(=O)N[C@@H](CC=O)c1ccc(Br)c(Cl)c1. The molecule has 6 heteroatoms. The molecule has 1 amide bonds. The average Bonchev–Trinajstić information content (AvgIpc) is 2.30. The van der Waals surface area contributed by atoms with Gasteiger partial charge in [0, 0.05) is 10.9 Å². The zero-order chi connectivity index (χ0) is 15.3. The van der Waals surface area contributed by atoms with E-state index >= 15 is 0 Å². The van der Waals surface area contributed by atoms with E-state index < -0.39 is 17.7 Å². The highest BCUT2D eigenvalue weighted by molar-refractivity contribution is 9.10. The summed E-state index contributed by atoms with van der Waals surface area (Å²) in [6, 6.07) is 4.80. The van der Waals surface area contributed by atoms with E-state index in [0.717, 1.165) is 16.3 Å². The second kappa shape index (κ2) is 7.09. The summed E-state index contributed by atoms with van der Waals surface area (Å²) in [5.74, 6) is 0. The summed E-state index contributed by atoms with van der Waals surface area (Å²) < 4.78 is 5.94. The van der Waals surface area contributed by atoms with Crippen LogP contribution in [-0.4, -0.2) is 18.0 Å². The lowest BCUT2D eigenvalue weighted by Gasteiger charge is -2.23. The fourth-order valence-corrected chi connectivity index (χ4v) is 1.99. The monoisotopic (exact) mass is 361 g/mol. The summed E-state index contributed by atoms with van der Waals surface area (Å²) in [7, 11) is 0. The molecule has 1 atom stereocenters. The predicted octanol–water partition coefficient (Wildman–Crippen LogP) is 4.26. The van der Waals surface area contributed by atoms with Gasteiger partial charge in [-0.1, -0.05) is 17.7 Å². The van der Waals surface area contributed by atoms with Crippen LogP contribution < -0.4 is 5.32 Å². The Morgan fingerprint density at radius 1 is 1.50 bits per heavy atom. The third-order valence-electron chi connectivity index (χ3n) is 2.37. The minimum Gasteiger partial charge on any atom is -0.444 e. The van der Waals surface area contributed by atoms with Crippen molar-refractivity contribution in [2.75, 3.05) is 0 Å². The van der Waals surface area contributed by atoms with Crippen molar-refractivity contribution in [2.45, 2.75) is 38.8 Å². The van der Waals surface area contributed by atoms with Crippen molar-refractivity contribution in [3.8, 4) is 0 Å². The lowest BCUT2D eigenvalue weighted by atomic mass is 10.0. The van der Waals surface area contributed by atoms with Crippen LogP contribution in [0, 0.1) is 0 Å². The van der Waals surface area contributed by atoms with Crippen LogP contribution in [0.3, 0.4) is 0 Å². The molecule has 0 saturated carbocycles. The molecule has 0 aromatic heterocycles. The molecule has 0 spiro atoms. The zero-order valence-corrected chi connectivity index (χ0v) is 13.9. The molecule has 0 saturated heterocycles. The van der Waals surface area contributed by atoms with Crippen LogP contribution >= 0.6 is 27.5 Å². The van der Waals surface area contributed by atoms with E-state index in [1.807, 2.05) is 0 Å². The molecule has 20 heavy (non-hydrogen) atoms. The molecule has 1 rings (SSSR count). The van der Waals surface area contributed by atoms with Gasteiger partial charge in [-0.3, -0.25) is 0 Å². The number of ether oxygens (including phenoxy) is 1. The second-order valence-electron chi connectivity index (χ2n) is 5.27. The van der Waals surface area contributed by atoms with Crippen LogP contribution in [0.25, 0.3) is 0 Å². The first kappa shape index (κ1) is 17.0. The molecule has 0 bridgehead atoms. The minimum atomic E-state index is -0.590. The number of aldehydes is 1. The van der Waals surface area contributed by atoms with Gasteiger partial charge in [-0.05, 0) is 54.4 Å². The summed E-state index contributed by atoms with van der Waals surface area (Å²) in [5.41, 5.74) is 0.156. The van der Waals surface area contributed by atoms with Gasteiger partial charge in [-0.2, -0.15) is 0 Å². The fourth-order valence-electron chi connectivity index (χ4n) is 1.55. The topological polar surface area (TPSA) is 55.4 Å². The van der Waals surface area contributed by atoms with E-state index in [4.69, 9.17) is 16.3 Å². The maximum Gasteiger partial charge on any atom is 0.408 e. The van der Waals surface area contributed by atoms with Gasteiger partial charge in [-0.15, -0.1) is 0 Å². The fraction of sp³-hybridized carbons (Fsp3) is 0.429. The Bertz CT molecular complexity index is 500. The Kier molecular flexibility index (Phi) is 6.02. The molecule has 0 heterocycles. The summed E-state index contributed by atoms with van der Waals surface area (Å²) in [5, 5.41) is 3.19. The van der Waals surface area contributed by atoms with Crippen molar-refractivity contribution in [3.05, 3.63) is 33.3 Å². The largest absolute Gasteiger partial charge is 0.444 e. The molecule has 0 aliphatic heterocycles. The highest BCUT2D eigenvalue weighted by Crippen LogP contribution is 2.27. The Morgan fingerprint density at radius 3 is 2.65 bits per heavy atom. The molecule has 0 aliphatic rings. The number of nitrogens with one attached hydrogen (secondary N) is 1. The van der Waals surface area contributed by atoms with E-state index in [1.165, 1.54) is 0 Å². The van der Waals surface area contributed by atoms with Crippen LogP contribution in [-0.2, 0) is 9.53 Å². The molecule has 0 unspecified atom stereocenters. The number of rotatable bonds is 4. The van der Waals surface area contributed by atoms with Gasteiger partial charge in [0.25, 0.3) is 0 Å². The zero-order valence-electron chi connectivity index (χ0n) is 11.6. The van der Waals surface area contributed by atoms with Crippen LogP contribution in [0.4, 0.5) is 4.79 Å². The number of carbonyl (C=O) groups is 2. The van der Waals surface area contributed by atoms with E-state index in [1.54, 1.807) is 39.0 Å². The molecular formula is C14H17BrClNO3. The number of alkyl carbamates (subject to hydrolysis) is 1. The Labute approximate surface area is 132 Å².